The van der Waals surface area contributed by atoms with Crippen LogP contribution in [0.1, 0.15) is 13.3 Å². The molecular formula is C7H15NO4S. The van der Waals surface area contributed by atoms with Crippen molar-refractivity contribution in [1.82, 2.24) is 0 Å². The predicted molar refractivity (Wildman–Crippen MR) is 50.9 cm³/mol. The number of carboxylic acids is 1. The Balaban J connectivity index is 2.70. The molecule has 1 heterocycles. The lowest BCUT2D eigenvalue weighted by Gasteiger charge is -2.57. The van der Waals surface area contributed by atoms with Crippen LogP contribution >= 0.6 is 10.6 Å². The second-order valence-corrected chi connectivity index (χ2v) is 5.80. The van der Waals surface area contributed by atoms with Gasteiger partial charge in [0.2, 0.25) is 0 Å². The number of rotatable bonds is 3. The summed E-state index contributed by atoms with van der Waals surface area (Å²) in [5, 5.41) is 8.70. The van der Waals surface area contributed by atoms with Gasteiger partial charge in [-0.2, -0.15) is 10.6 Å². The Labute approximate surface area is 78.3 Å². The van der Waals surface area contributed by atoms with Gasteiger partial charge in [0.25, 0.3) is 0 Å². The van der Waals surface area contributed by atoms with Crippen LogP contribution in [-0.2, 0) is 4.79 Å². The Morgan fingerprint density at radius 1 is 1.62 bits per heavy atom. The highest BCUT2D eigenvalue weighted by Crippen LogP contribution is 2.61. The lowest BCUT2D eigenvalue weighted by molar-refractivity contribution is -0.141. The molecule has 5 nitrogen and oxygen atoms in total. The smallest absolute Gasteiger partial charge is 0.321 e. The van der Waals surface area contributed by atoms with Crippen molar-refractivity contribution < 1.29 is 19.0 Å². The van der Waals surface area contributed by atoms with E-state index in [4.69, 9.17) is 10.8 Å². The van der Waals surface area contributed by atoms with Crippen molar-refractivity contribution in [3.05, 3.63) is 0 Å². The molecule has 0 spiro atoms. The predicted octanol–water partition coefficient (Wildman–Crippen LogP) is 0.559. The van der Waals surface area contributed by atoms with E-state index in [0.717, 1.165) is 0 Å². The van der Waals surface area contributed by atoms with Crippen LogP contribution in [-0.4, -0.2) is 37.7 Å². The van der Waals surface area contributed by atoms with Crippen molar-refractivity contribution in [3.63, 3.8) is 0 Å². The number of aliphatic carboxylic acids is 1. The molecule has 0 radical (unpaired) electrons. The third-order valence-electron chi connectivity index (χ3n) is 2.67. The first-order valence-electron chi connectivity index (χ1n) is 4.05. The van der Waals surface area contributed by atoms with Gasteiger partial charge in [-0.25, -0.2) is 0 Å². The van der Waals surface area contributed by atoms with Gasteiger partial charge >= 0.3 is 5.97 Å². The molecule has 5 N–H and O–H groups in total. The fourth-order valence-corrected chi connectivity index (χ4v) is 4.27. The Bertz CT molecular complexity index is 223. The molecule has 0 amide bonds. The van der Waals surface area contributed by atoms with Gasteiger partial charge in [0.15, 0.2) is 0 Å². The molecule has 6 heteroatoms. The molecule has 1 fully saturated rings. The highest BCUT2D eigenvalue weighted by atomic mass is 32.3. The molecule has 0 bridgehead atoms. The molecule has 1 saturated heterocycles. The average molecular weight is 209 g/mol. The van der Waals surface area contributed by atoms with Crippen molar-refractivity contribution >= 4 is 16.6 Å². The fraction of sp³-hybridized carbons (Fsp3) is 0.857. The quantitative estimate of drug-likeness (QED) is 0.543. The second-order valence-electron chi connectivity index (χ2n) is 3.62. The number of nitrogens with two attached hydrogens (primary N) is 1. The van der Waals surface area contributed by atoms with Gasteiger partial charge in [0.05, 0.1) is 0 Å². The monoisotopic (exact) mass is 209 g/mol. The average Bonchev–Trinajstić information content (AvgIpc) is 1.97. The molecule has 0 aliphatic carbocycles. The molecule has 1 rings (SSSR count). The maximum atomic E-state index is 10.6. The molecule has 0 saturated carbocycles. The molecule has 13 heavy (non-hydrogen) atoms. The standard InChI is InChI=1S/C7H15NO4S/c1-2-7(5(8)6(9)10)3-13(11,12)4-7/h5,11-12H,2-4,8H2,1H3,(H,9,10)/t5-/m1/s1. The molecule has 0 aromatic heterocycles. The van der Waals surface area contributed by atoms with Crippen LogP contribution in [0.4, 0.5) is 0 Å². The molecular weight excluding hydrogens is 194 g/mol. The van der Waals surface area contributed by atoms with Gasteiger partial charge < -0.3 is 10.8 Å². The van der Waals surface area contributed by atoms with Crippen LogP contribution < -0.4 is 5.73 Å². The zero-order valence-electron chi connectivity index (χ0n) is 7.43. The van der Waals surface area contributed by atoms with Crippen LogP contribution in [0.3, 0.4) is 0 Å². The Kier molecular flexibility index (Phi) is 2.59. The topological polar surface area (TPSA) is 104 Å². The van der Waals surface area contributed by atoms with E-state index in [-0.39, 0.29) is 11.5 Å². The molecule has 0 aromatic carbocycles. The summed E-state index contributed by atoms with van der Waals surface area (Å²) in [5.41, 5.74) is 4.87. The van der Waals surface area contributed by atoms with E-state index in [1.807, 2.05) is 6.92 Å². The minimum Gasteiger partial charge on any atom is -0.480 e. The van der Waals surface area contributed by atoms with Gasteiger partial charge in [-0.3, -0.25) is 13.9 Å². The second kappa shape index (κ2) is 3.13. The first-order valence-corrected chi connectivity index (χ1v) is 5.93. The molecule has 1 atom stereocenters. The van der Waals surface area contributed by atoms with Crippen molar-refractivity contribution in [3.8, 4) is 0 Å². The van der Waals surface area contributed by atoms with E-state index >= 15 is 0 Å². The van der Waals surface area contributed by atoms with E-state index in [0.29, 0.717) is 6.42 Å². The van der Waals surface area contributed by atoms with E-state index in [9.17, 15) is 13.9 Å². The lowest BCUT2D eigenvalue weighted by Crippen LogP contribution is -2.59. The van der Waals surface area contributed by atoms with Crippen LogP contribution in [0.25, 0.3) is 0 Å². The third kappa shape index (κ3) is 1.80. The highest BCUT2D eigenvalue weighted by molar-refractivity contribution is 8.25. The Morgan fingerprint density at radius 2 is 2.08 bits per heavy atom. The summed E-state index contributed by atoms with van der Waals surface area (Å²) in [7, 11) is -2.52. The summed E-state index contributed by atoms with van der Waals surface area (Å²) in [5.74, 6) is -0.815. The van der Waals surface area contributed by atoms with Crippen molar-refractivity contribution in [1.29, 1.82) is 0 Å². The maximum absolute atomic E-state index is 10.6. The summed E-state index contributed by atoms with van der Waals surface area (Å²) in [4.78, 5) is 10.6. The van der Waals surface area contributed by atoms with E-state index in [2.05, 4.69) is 0 Å². The molecule has 1 aliphatic rings. The third-order valence-corrected chi connectivity index (χ3v) is 4.74. The number of carbonyl (C=O) groups is 1. The first kappa shape index (κ1) is 10.8. The summed E-state index contributed by atoms with van der Waals surface area (Å²) in [6.07, 6.45) is 0.566. The molecule has 0 unspecified atom stereocenters. The van der Waals surface area contributed by atoms with E-state index in [1.54, 1.807) is 0 Å². The van der Waals surface area contributed by atoms with Crippen molar-refractivity contribution in [2.75, 3.05) is 11.5 Å². The van der Waals surface area contributed by atoms with Crippen molar-refractivity contribution in [2.24, 2.45) is 11.1 Å². The molecule has 0 aromatic rings. The van der Waals surface area contributed by atoms with E-state index < -0.39 is 28.0 Å². The Hall–Kier alpha value is -0.300. The SMILES string of the molecule is CCC1([C@H](N)C(=O)O)CS(O)(O)C1. The molecule has 78 valence electrons. The van der Waals surface area contributed by atoms with Gasteiger partial charge in [-0.15, -0.1) is 0 Å². The van der Waals surface area contributed by atoms with Gasteiger partial charge in [0, 0.05) is 16.9 Å². The van der Waals surface area contributed by atoms with Crippen LogP contribution in [0.15, 0.2) is 0 Å². The highest BCUT2D eigenvalue weighted by Gasteiger charge is 2.53. The largest absolute Gasteiger partial charge is 0.480 e. The number of carboxylic acid groups (broad SMARTS) is 1. The van der Waals surface area contributed by atoms with Crippen LogP contribution in [0, 0.1) is 5.41 Å². The summed E-state index contributed by atoms with van der Waals surface area (Å²) in [6, 6.07) is -0.988. The van der Waals surface area contributed by atoms with Gasteiger partial charge in [-0.1, -0.05) is 6.92 Å². The first-order chi connectivity index (χ1) is 5.83. The fourth-order valence-electron chi connectivity index (χ4n) is 1.74. The lowest BCUT2D eigenvalue weighted by atomic mass is 9.81. The summed E-state index contributed by atoms with van der Waals surface area (Å²) >= 11 is 0. The minimum atomic E-state index is -2.52. The minimum absolute atomic E-state index is 0.129. The van der Waals surface area contributed by atoms with Crippen LogP contribution in [0.5, 0.6) is 0 Å². The zero-order valence-corrected chi connectivity index (χ0v) is 8.25. The Morgan fingerprint density at radius 3 is 2.31 bits per heavy atom. The number of hydrogen-bond acceptors (Lipinski definition) is 4. The van der Waals surface area contributed by atoms with Crippen LogP contribution in [0.2, 0.25) is 0 Å². The normalized spacial score (nSPS) is 28.6. The zero-order chi connectivity index (χ0) is 10.3. The maximum Gasteiger partial charge on any atom is 0.321 e. The number of hydrogen-bond donors (Lipinski definition) is 4. The molecule has 1 aliphatic heterocycles. The summed E-state index contributed by atoms with van der Waals surface area (Å²) < 4.78 is 18.4. The van der Waals surface area contributed by atoms with Gasteiger partial charge in [0.1, 0.15) is 6.04 Å². The summed E-state index contributed by atoms with van der Waals surface area (Å²) in [6.45, 7) is 1.82. The van der Waals surface area contributed by atoms with Gasteiger partial charge in [-0.05, 0) is 6.42 Å². The van der Waals surface area contributed by atoms with E-state index in [1.165, 1.54) is 0 Å². The van der Waals surface area contributed by atoms with Crippen molar-refractivity contribution in [2.45, 2.75) is 19.4 Å².